The molecule has 0 aromatic heterocycles. The molecule has 0 amide bonds. The maximum Gasteiger partial charge on any atom is 0.0449 e. The van der Waals surface area contributed by atoms with E-state index in [9.17, 15) is 0 Å². The van der Waals surface area contributed by atoms with Gasteiger partial charge < -0.3 is 5.32 Å². The van der Waals surface area contributed by atoms with Crippen molar-refractivity contribution < 1.29 is 0 Å². The Morgan fingerprint density at radius 1 is 1.10 bits per heavy atom. The molecule has 0 aliphatic carbocycles. The highest BCUT2D eigenvalue weighted by atomic mass is 15.2. The Morgan fingerprint density at radius 2 is 1.67 bits per heavy atom. The Labute approximate surface area is 130 Å². The summed E-state index contributed by atoms with van der Waals surface area (Å²) in [6, 6.07) is 8.82. The number of benzene rings is 1. The van der Waals surface area contributed by atoms with Gasteiger partial charge in [0.05, 0.1) is 0 Å². The Hall–Kier alpha value is -0.860. The van der Waals surface area contributed by atoms with E-state index >= 15 is 0 Å². The van der Waals surface area contributed by atoms with Gasteiger partial charge in [-0.15, -0.1) is 0 Å². The van der Waals surface area contributed by atoms with E-state index < -0.39 is 0 Å². The van der Waals surface area contributed by atoms with E-state index in [1.54, 1.807) is 0 Å². The standard InChI is InChI=1S/C19H32N2/c1-6-20-19(18-11-14(2)10-15(3)12-18)13-21-16(4)8-7-9-17(21)5/h10-12,16-17,19-20H,6-9,13H2,1-5H3/t16-,17+,19?. The first-order valence-electron chi connectivity index (χ1n) is 8.58. The third-order valence-electron chi connectivity index (χ3n) is 4.87. The van der Waals surface area contributed by atoms with Crippen molar-refractivity contribution in [1.82, 2.24) is 10.2 Å². The number of aryl methyl sites for hydroxylation is 2. The second kappa shape index (κ2) is 7.42. The molecule has 0 spiro atoms. The minimum atomic E-state index is 0.441. The Bertz CT molecular complexity index is 425. The molecule has 118 valence electrons. The van der Waals surface area contributed by atoms with Crippen LogP contribution in [-0.4, -0.2) is 30.1 Å². The third-order valence-corrected chi connectivity index (χ3v) is 4.87. The van der Waals surface area contributed by atoms with Crippen LogP contribution in [0, 0.1) is 13.8 Å². The number of piperidine rings is 1. The van der Waals surface area contributed by atoms with Gasteiger partial charge in [0.1, 0.15) is 0 Å². The minimum Gasteiger partial charge on any atom is -0.309 e. The first-order chi connectivity index (χ1) is 10.0. The van der Waals surface area contributed by atoms with Crippen LogP contribution in [0.2, 0.25) is 0 Å². The molecular weight excluding hydrogens is 256 g/mol. The van der Waals surface area contributed by atoms with Crippen molar-refractivity contribution in [1.29, 1.82) is 0 Å². The lowest BCUT2D eigenvalue weighted by atomic mass is 9.94. The molecule has 1 N–H and O–H groups in total. The molecule has 0 radical (unpaired) electrons. The smallest absolute Gasteiger partial charge is 0.0449 e. The molecule has 3 atom stereocenters. The van der Waals surface area contributed by atoms with Gasteiger partial charge in [-0.1, -0.05) is 42.7 Å². The molecule has 1 aromatic rings. The lowest BCUT2D eigenvalue weighted by Crippen LogP contribution is -2.47. The largest absolute Gasteiger partial charge is 0.309 e. The average molecular weight is 288 g/mol. The van der Waals surface area contributed by atoms with E-state index in [0.29, 0.717) is 18.1 Å². The molecule has 0 bridgehead atoms. The van der Waals surface area contributed by atoms with Crippen LogP contribution < -0.4 is 5.32 Å². The zero-order valence-electron chi connectivity index (χ0n) is 14.4. The molecule has 2 heteroatoms. The normalized spacial score (nSPS) is 25.0. The summed E-state index contributed by atoms with van der Waals surface area (Å²) in [5.41, 5.74) is 4.18. The fourth-order valence-electron chi connectivity index (χ4n) is 3.79. The van der Waals surface area contributed by atoms with Crippen molar-refractivity contribution in [2.75, 3.05) is 13.1 Å². The quantitative estimate of drug-likeness (QED) is 0.873. The van der Waals surface area contributed by atoms with E-state index in [4.69, 9.17) is 0 Å². The van der Waals surface area contributed by atoms with E-state index in [2.05, 4.69) is 63.0 Å². The predicted octanol–water partition coefficient (Wildman–Crippen LogP) is 4.22. The van der Waals surface area contributed by atoms with E-state index in [1.807, 2.05) is 0 Å². The molecule has 1 saturated heterocycles. The van der Waals surface area contributed by atoms with E-state index in [0.717, 1.165) is 13.1 Å². The highest BCUT2D eigenvalue weighted by molar-refractivity contribution is 5.31. The summed E-state index contributed by atoms with van der Waals surface area (Å²) in [5, 5.41) is 3.70. The Kier molecular flexibility index (Phi) is 5.83. The third kappa shape index (κ3) is 4.31. The van der Waals surface area contributed by atoms with Crippen LogP contribution in [0.1, 0.15) is 62.8 Å². The summed E-state index contributed by atoms with van der Waals surface area (Å²) in [4.78, 5) is 2.70. The van der Waals surface area contributed by atoms with Crippen LogP contribution >= 0.6 is 0 Å². The highest BCUT2D eigenvalue weighted by Crippen LogP contribution is 2.26. The molecular formula is C19H32N2. The van der Waals surface area contributed by atoms with Crippen molar-refractivity contribution in [3.63, 3.8) is 0 Å². The van der Waals surface area contributed by atoms with Crippen molar-refractivity contribution in [3.8, 4) is 0 Å². The average Bonchev–Trinajstić information content (AvgIpc) is 2.40. The number of nitrogens with one attached hydrogen (secondary N) is 1. The molecule has 1 unspecified atom stereocenters. The van der Waals surface area contributed by atoms with E-state index in [1.165, 1.54) is 36.0 Å². The fraction of sp³-hybridized carbons (Fsp3) is 0.684. The minimum absolute atomic E-state index is 0.441. The summed E-state index contributed by atoms with van der Waals surface area (Å²) < 4.78 is 0. The van der Waals surface area contributed by atoms with Crippen LogP contribution in [0.15, 0.2) is 18.2 Å². The molecule has 1 heterocycles. The Morgan fingerprint density at radius 3 is 2.19 bits per heavy atom. The van der Waals surface area contributed by atoms with Crippen LogP contribution in [-0.2, 0) is 0 Å². The molecule has 2 rings (SSSR count). The summed E-state index contributed by atoms with van der Waals surface area (Å²) >= 11 is 0. The second-order valence-electron chi connectivity index (χ2n) is 6.86. The van der Waals surface area contributed by atoms with Gasteiger partial charge in [0.2, 0.25) is 0 Å². The topological polar surface area (TPSA) is 15.3 Å². The van der Waals surface area contributed by atoms with Crippen molar-refractivity contribution >= 4 is 0 Å². The molecule has 2 nitrogen and oxygen atoms in total. The number of hydrogen-bond donors (Lipinski definition) is 1. The monoisotopic (exact) mass is 288 g/mol. The maximum absolute atomic E-state index is 3.70. The van der Waals surface area contributed by atoms with Gasteiger partial charge in [0, 0.05) is 24.7 Å². The van der Waals surface area contributed by atoms with Gasteiger partial charge in [-0.25, -0.2) is 0 Å². The van der Waals surface area contributed by atoms with Gasteiger partial charge in [0.15, 0.2) is 0 Å². The van der Waals surface area contributed by atoms with Crippen molar-refractivity contribution in [2.24, 2.45) is 0 Å². The van der Waals surface area contributed by atoms with Crippen LogP contribution in [0.3, 0.4) is 0 Å². The summed E-state index contributed by atoms with van der Waals surface area (Å²) in [6.07, 6.45) is 4.07. The summed E-state index contributed by atoms with van der Waals surface area (Å²) in [6.45, 7) is 13.5. The fourth-order valence-corrected chi connectivity index (χ4v) is 3.79. The zero-order chi connectivity index (χ0) is 15.4. The predicted molar refractivity (Wildman–Crippen MR) is 91.8 cm³/mol. The van der Waals surface area contributed by atoms with Gasteiger partial charge in [-0.05, 0) is 52.6 Å². The zero-order valence-corrected chi connectivity index (χ0v) is 14.4. The summed E-state index contributed by atoms with van der Waals surface area (Å²) in [7, 11) is 0. The molecule has 1 aliphatic rings. The van der Waals surface area contributed by atoms with Gasteiger partial charge in [0.25, 0.3) is 0 Å². The van der Waals surface area contributed by atoms with Crippen molar-refractivity contribution in [2.45, 2.75) is 72.0 Å². The lowest BCUT2D eigenvalue weighted by Gasteiger charge is -2.41. The second-order valence-corrected chi connectivity index (χ2v) is 6.86. The van der Waals surface area contributed by atoms with Gasteiger partial charge in [-0.2, -0.15) is 0 Å². The molecule has 1 fully saturated rings. The van der Waals surface area contributed by atoms with Crippen LogP contribution in [0.5, 0.6) is 0 Å². The van der Waals surface area contributed by atoms with E-state index in [-0.39, 0.29) is 0 Å². The molecule has 1 aliphatic heterocycles. The SMILES string of the molecule is CCNC(CN1[C@H](C)CCC[C@@H]1C)c1cc(C)cc(C)c1. The number of nitrogens with zero attached hydrogens (tertiary/aromatic N) is 1. The first kappa shape index (κ1) is 16.5. The van der Waals surface area contributed by atoms with Gasteiger partial charge in [-0.3, -0.25) is 4.90 Å². The summed E-state index contributed by atoms with van der Waals surface area (Å²) in [5.74, 6) is 0. The van der Waals surface area contributed by atoms with Crippen molar-refractivity contribution in [3.05, 3.63) is 34.9 Å². The number of likely N-dealkylation sites (N-methyl/N-ethyl adjacent to an activating group) is 1. The maximum atomic E-state index is 3.70. The van der Waals surface area contributed by atoms with Crippen LogP contribution in [0.4, 0.5) is 0 Å². The number of likely N-dealkylation sites (tertiary alicyclic amines) is 1. The highest BCUT2D eigenvalue weighted by Gasteiger charge is 2.27. The van der Waals surface area contributed by atoms with Gasteiger partial charge >= 0.3 is 0 Å². The first-order valence-corrected chi connectivity index (χ1v) is 8.58. The van der Waals surface area contributed by atoms with Crippen LogP contribution in [0.25, 0.3) is 0 Å². The number of hydrogen-bond acceptors (Lipinski definition) is 2. The Balaban J connectivity index is 2.18. The lowest BCUT2D eigenvalue weighted by molar-refractivity contribution is 0.0911. The number of rotatable bonds is 5. The molecule has 1 aromatic carbocycles. The molecule has 21 heavy (non-hydrogen) atoms. The molecule has 0 saturated carbocycles.